The molecule has 2 aliphatic heterocycles. The molecule has 39 heavy (non-hydrogen) atoms. The Labute approximate surface area is 228 Å². The molecular weight excluding hydrogens is 492 g/mol. The molecule has 3 aromatic rings. The van der Waals surface area contributed by atoms with E-state index in [1.165, 1.54) is 11.8 Å². The average Bonchev–Trinajstić information content (AvgIpc) is 3.38. The van der Waals surface area contributed by atoms with Gasteiger partial charge in [0, 0.05) is 30.3 Å². The van der Waals surface area contributed by atoms with E-state index in [9.17, 15) is 19.5 Å². The van der Waals surface area contributed by atoms with E-state index in [4.69, 9.17) is 4.74 Å². The van der Waals surface area contributed by atoms with Gasteiger partial charge >= 0.3 is 0 Å². The second kappa shape index (κ2) is 9.73. The summed E-state index contributed by atoms with van der Waals surface area (Å²) in [7, 11) is 0. The van der Waals surface area contributed by atoms with E-state index in [0.29, 0.717) is 28.9 Å². The van der Waals surface area contributed by atoms with Gasteiger partial charge in [0.2, 0.25) is 5.91 Å². The molecule has 0 saturated carbocycles. The molecule has 1 saturated heterocycles. The lowest BCUT2D eigenvalue weighted by Crippen LogP contribution is -2.29. The number of hydrogen-bond acceptors (Lipinski definition) is 5. The number of anilines is 2. The molecule has 0 bridgehead atoms. The van der Waals surface area contributed by atoms with E-state index in [1.807, 2.05) is 37.3 Å². The third kappa shape index (κ3) is 4.92. The van der Waals surface area contributed by atoms with Gasteiger partial charge in [-0.3, -0.25) is 19.3 Å². The number of rotatable bonds is 4. The highest BCUT2D eigenvalue weighted by atomic mass is 16.5. The highest BCUT2D eigenvalue weighted by Gasteiger charge is 2.47. The number of carbonyl (C=O) groups excluding carboxylic acids is 3. The molecule has 200 valence electrons. The van der Waals surface area contributed by atoms with Crippen molar-refractivity contribution in [3.05, 3.63) is 94.6 Å². The number of Topliss-reactive ketones (excluding diaryl/α,β-unsaturated/α-hetero) is 1. The predicted octanol–water partition coefficient (Wildman–Crippen LogP) is 5.89. The van der Waals surface area contributed by atoms with Crippen LogP contribution in [0.3, 0.4) is 0 Å². The first-order valence-corrected chi connectivity index (χ1v) is 13.0. The Hall–Kier alpha value is -4.39. The molecule has 1 fully saturated rings. The van der Waals surface area contributed by atoms with Crippen LogP contribution in [-0.4, -0.2) is 28.8 Å². The lowest BCUT2D eigenvalue weighted by Gasteiger charge is -2.27. The van der Waals surface area contributed by atoms with Crippen molar-refractivity contribution < 1.29 is 24.2 Å². The van der Waals surface area contributed by atoms with Crippen LogP contribution >= 0.6 is 0 Å². The van der Waals surface area contributed by atoms with E-state index < -0.39 is 17.7 Å². The first-order valence-electron chi connectivity index (χ1n) is 13.0. The van der Waals surface area contributed by atoms with Crippen molar-refractivity contribution in [1.29, 1.82) is 0 Å². The number of ketones is 1. The fraction of sp³-hybridized carbons (Fsp3) is 0.281. The van der Waals surface area contributed by atoms with Crippen molar-refractivity contribution in [3.8, 4) is 5.75 Å². The van der Waals surface area contributed by atoms with Crippen molar-refractivity contribution in [3.63, 3.8) is 0 Å². The molecule has 0 aromatic heterocycles. The summed E-state index contributed by atoms with van der Waals surface area (Å²) in [6.07, 6.45) is 0.721. The van der Waals surface area contributed by atoms with E-state index in [-0.39, 0.29) is 28.8 Å². The van der Waals surface area contributed by atoms with E-state index in [2.05, 4.69) is 26.1 Å². The number of hydrogen-bond donors (Lipinski definition) is 2. The van der Waals surface area contributed by atoms with Gasteiger partial charge in [-0.1, -0.05) is 51.1 Å². The average molecular weight is 525 g/mol. The summed E-state index contributed by atoms with van der Waals surface area (Å²) >= 11 is 0. The molecule has 2 atom stereocenters. The van der Waals surface area contributed by atoms with Crippen LogP contribution in [0.4, 0.5) is 11.4 Å². The monoisotopic (exact) mass is 524 g/mol. The van der Waals surface area contributed by atoms with Crippen LogP contribution < -0.4 is 15.0 Å². The van der Waals surface area contributed by atoms with Crippen molar-refractivity contribution in [2.75, 3.05) is 10.2 Å². The molecule has 2 heterocycles. The summed E-state index contributed by atoms with van der Waals surface area (Å²) in [5.74, 6) is -1.25. The Bertz CT molecular complexity index is 1510. The summed E-state index contributed by atoms with van der Waals surface area (Å²) in [6, 6.07) is 19.0. The maximum absolute atomic E-state index is 13.6. The fourth-order valence-electron chi connectivity index (χ4n) is 5.24. The van der Waals surface area contributed by atoms with E-state index in [1.54, 1.807) is 36.4 Å². The lowest BCUT2D eigenvalue weighted by atomic mass is 9.85. The van der Waals surface area contributed by atoms with Crippen LogP contribution in [-0.2, 0) is 26.2 Å². The zero-order chi connectivity index (χ0) is 28.1. The molecule has 2 aliphatic rings. The highest BCUT2D eigenvalue weighted by molar-refractivity contribution is 6.51. The van der Waals surface area contributed by atoms with Gasteiger partial charge in [-0.05, 0) is 65.4 Å². The number of nitrogens with zero attached hydrogens (tertiary/aromatic N) is 1. The Kier molecular flexibility index (Phi) is 6.54. The number of benzene rings is 3. The highest BCUT2D eigenvalue weighted by Crippen LogP contribution is 2.43. The zero-order valence-corrected chi connectivity index (χ0v) is 22.7. The summed E-state index contributed by atoms with van der Waals surface area (Å²) in [6.45, 7) is 9.71. The number of nitrogens with one attached hydrogen (secondary N) is 1. The Morgan fingerprint density at radius 2 is 1.74 bits per heavy atom. The second-order valence-corrected chi connectivity index (χ2v) is 11.2. The third-order valence-electron chi connectivity index (χ3n) is 7.15. The van der Waals surface area contributed by atoms with Crippen molar-refractivity contribution in [2.45, 2.75) is 58.6 Å². The molecule has 2 N–H and O–H groups in total. The van der Waals surface area contributed by atoms with Gasteiger partial charge in [0.05, 0.1) is 11.6 Å². The molecule has 0 aliphatic carbocycles. The molecule has 5 rings (SSSR count). The van der Waals surface area contributed by atoms with Crippen LogP contribution in [0.15, 0.2) is 72.3 Å². The van der Waals surface area contributed by atoms with Gasteiger partial charge in [0.1, 0.15) is 17.6 Å². The number of fused-ring (bicyclic) bond motifs is 1. The lowest BCUT2D eigenvalue weighted by molar-refractivity contribution is -0.132. The van der Waals surface area contributed by atoms with Gasteiger partial charge in [-0.2, -0.15) is 0 Å². The first-order chi connectivity index (χ1) is 18.4. The largest absolute Gasteiger partial charge is 0.507 e. The zero-order valence-electron chi connectivity index (χ0n) is 22.7. The maximum Gasteiger partial charge on any atom is 0.300 e. The normalized spacial score (nSPS) is 20.1. The van der Waals surface area contributed by atoms with Gasteiger partial charge in [-0.15, -0.1) is 0 Å². The fourth-order valence-corrected chi connectivity index (χ4v) is 5.24. The number of ether oxygens (including phenoxy) is 1. The number of aliphatic hydroxyl groups is 1. The first kappa shape index (κ1) is 26.2. The van der Waals surface area contributed by atoms with Gasteiger partial charge in [0.15, 0.2) is 0 Å². The van der Waals surface area contributed by atoms with Crippen LogP contribution in [0, 0.1) is 0 Å². The number of amides is 2. The SMILES string of the molecule is CC(=O)Nc1cccc(N2C(=O)C(=O)/C(=C(\O)c3ccc4c(c3)CC(C)O4)C2c2ccc(C(C)(C)C)cc2)c1. The van der Waals surface area contributed by atoms with Gasteiger partial charge in [-0.25, -0.2) is 0 Å². The molecule has 0 spiro atoms. The molecule has 0 radical (unpaired) electrons. The van der Waals surface area contributed by atoms with Crippen molar-refractivity contribution in [1.82, 2.24) is 0 Å². The summed E-state index contributed by atoms with van der Waals surface area (Å²) in [4.78, 5) is 40.2. The third-order valence-corrected chi connectivity index (χ3v) is 7.15. The van der Waals surface area contributed by atoms with Crippen LogP contribution in [0.1, 0.15) is 62.9 Å². The minimum absolute atomic E-state index is 0.0142. The minimum atomic E-state index is -0.866. The Morgan fingerprint density at radius 1 is 1.03 bits per heavy atom. The van der Waals surface area contributed by atoms with Gasteiger partial charge < -0.3 is 15.2 Å². The van der Waals surface area contributed by atoms with Crippen molar-refractivity contribution >= 4 is 34.7 Å². The standard InChI is InChI=1S/C32H32N2O5/c1-18-15-22-16-21(11-14-26(22)39-18)29(36)27-28(20-9-12-23(13-10-20)32(3,4)5)34(31(38)30(27)37)25-8-6-7-24(17-25)33-19(2)35/h6-14,16-18,28,36H,15H2,1-5H3,(H,33,35)/b29-27-. The molecule has 7 nitrogen and oxygen atoms in total. The Morgan fingerprint density at radius 3 is 2.41 bits per heavy atom. The second-order valence-electron chi connectivity index (χ2n) is 11.2. The summed E-state index contributed by atoms with van der Waals surface area (Å²) in [5, 5.41) is 14.3. The van der Waals surface area contributed by atoms with E-state index >= 15 is 0 Å². The minimum Gasteiger partial charge on any atom is -0.507 e. The summed E-state index contributed by atoms with van der Waals surface area (Å²) < 4.78 is 5.79. The van der Waals surface area contributed by atoms with Crippen molar-refractivity contribution in [2.24, 2.45) is 0 Å². The quantitative estimate of drug-likeness (QED) is 0.252. The van der Waals surface area contributed by atoms with Crippen LogP contribution in [0.5, 0.6) is 5.75 Å². The van der Waals surface area contributed by atoms with Crippen LogP contribution in [0.25, 0.3) is 5.76 Å². The smallest absolute Gasteiger partial charge is 0.300 e. The van der Waals surface area contributed by atoms with E-state index in [0.717, 1.165) is 16.9 Å². The molecule has 3 aromatic carbocycles. The number of carbonyl (C=O) groups is 3. The van der Waals surface area contributed by atoms with Crippen LogP contribution in [0.2, 0.25) is 0 Å². The molecule has 2 unspecified atom stereocenters. The topological polar surface area (TPSA) is 95.9 Å². The molecule has 7 heteroatoms. The van der Waals surface area contributed by atoms with Gasteiger partial charge in [0.25, 0.3) is 11.7 Å². The summed E-state index contributed by atoms with van der Waals surface area (Å²) in [5.41, 5.74) is 4.04. The molecular formula is C32H32N2O5. The predicted molar refractivity (Wildman–Crippen MR) is 151 cm³/mol. The maximum atomic E-state index is 13.6. The number of aliphatic hydroxyl groups excluding tert-OH is 1. The Balaban J connectivity index is 1.67. The molecule has 2 amide bonds.